The van der Waals surface area contributed by atoms with Crippen molar-refractivity contribution in [1.29, 1.82) is 0 Å². The average Bonchev–Trinajstić information content (AvgIpc) is 2.57. The molecule has 0 bridgehead atoms. The Morgan fingerprint density at radius 3 is 2.16 bits per heavy atom. The van der Waals surface area contributed by atoms with E-state index in [0.29, 0.717) is 13.2 Å². The maximum Gasteiger partial charge on any atom is 0.191 e. The lowest BCUT2D eigenvalue weighted by atomic mass is 10.1. The summed E-state index contributed by atoms with van der Waals surface area (Å²) in [5.74, 6) is 1.67. The maximum atomic E-state index is 5.87. The summed E-state index contributed by atoms with van der Waals surface area (Å²) >= 11 is 0. The molecule has 2 rings (SSSR count). The second-order valence-corrected chi connectivity index (χ2v) is 6.67. The van der Waals surface area contributed by atoms with Gasteiger partial charge in [0.1, 0.15) is 12.4 Å². The smallest absolute Gasteiger partial charge is 0.191 e. The monoisotopic (exact) mass is 453 g/mol. The van der Waals surface area contributed by atoms with E-state index in [0.717, 1.165) is 11.7 Å². The maximum absolute atomic E-state index is 5.87. The SMILES string of the molecule is CN=C(NCc1ccccc1COc1ccccc1)NC(C)(C)C.I. The van der Waals surface area contributed by atoms with Crippen molar-refractivity contribution < 1.29 is 4.74 Å². The van der Waals surface area contributed by atoms with E-state index in [1.165, 1.54) is 11.1 Å². The van der Waals surface area contributed by atoms with Gasteiger partial charge in [-0.2, -0.15) is 0 Å². The van der Waals surface area contributed by atoms with E-state index in [9.17, 15) is 0 Å². The Labute approximate surface area is 168 Å². The van der Waals surface area contributed by atoms with Crippen molar-refractivity contribution in [3.05, 3.63) is 65.7 Å². The van der Waals surface area contributed by atoms with Crippen LogP contribution in [0.15, 0.2) is 59.6 Å². The number of ether oxygens (including phenoxy) is 1. The summed E-state index contributed by atoms with van der Waals surface area (Å²) in [6, 6.07) is 18.2. The van der Waals surface area contributed by atoms with Crippen molar-refractivity contribution in [2.24, 2.45) is 4.99 Å². The van der Waals surface area contributed by atoms with Gasteiger partial charge in [-0.1, -0.05) is 42.5 Å². The van der Waals surface area contributed by atoms with Gasteiger partial charge in [-0.15, -0.1) is 24.0 Å². The molecule has 0 aliphatic carbocycles. The lowest BCUT2D eigenvalue weighted by molar-refractivity contribution is 0.305. The third-order valence-electron chi connectivity index (χ3n) is 3.42. The Balaban J connectivity index is 0.00000312. The number of hydrogen-bond acceptors (Lipinski definition) is 2. The molecule has 0 saturated carbocycles. The molecule has 4 nitrogen and oxygen atoms in total. The van der Waals surface area contributed by atoms with Gasteiger partial charge < -0.3 is 15.4 Å². The molecule has 0 heterocycles. The zero-order valence-electron chi connectivity index (χ0n) is 15.4. The van der Waals surface area contributed by atoms with Gasteiger partial charge in [0, 0.05) is 19.1 Å². The first-order valence-corrected chi connectivity index (χ1v) is 8.21. The number of para-hydroxylation sites is 1. The summed E-state index contributed by atoms with van der Waals surface area (Å²) in [6.45, 7) is 7.59. The fraction of sp³-hybridized carbons (Fsp3) is 0.350. The molecule has 0 spiro atoms. The van der Waals surface area contributed by atoms with Crippen LogP contribution in [0, 0.1) is 0 Å². The van der Waals surface area contributed by atoms with Crippen LogP contribution in [0.5, 0.6) is 5.75 Å². The summed E-state index contributed by atoms with van der Waals surface area (Å²) in [7, 11) is 1.78. The summed E-state index contributed by atoms with van der Waals surface area (Å²) < 4.78 is 5.87. The molecule has 2 aromatic rings. The largest absolute Gasteiger partial charge is 0.489 e. The highest BCUT2D eigenvalue weighted by Gasteiger charge is 2.12. The van der Waals surface area contributed by atoms with Crippen LogP contribution in [0.4, 0.5) is 0 Å². The number of nitrogens with zero attached hydrogens (tertiary/aromatic N) is 1. The van der Waals surface area contributed by atoms with Gasteiger partial charge in [-0.3, -0.25) is 4.99 Å². The lowest BCUT2D eigenvalue weighted by Crippen LogP contribution is -2.47. The molecule has 0 aromatic heterocycles. The minimum absolute atomic E-state index is 0. The second-order valence-electron chi connectivity index (χ2n) is 6.67. The van der Waals surface area contributed by atoms with Gasteiger partial charge in [0.2, 0.25) is 0 Å². The summed E-state index contributed by atoms with van der Waals surface area (Å²) in [4.78, 5) is 4.27. The fourth-order valence-electron chi connectivity index (χ4n) is 2.26. The van der Waals surface area contributed by atoms with E-state index in [1.807, 2.05) is 42.5 Å². The van der Waals surface area contributed by atoms with Crippen LogP contribution in [0.2, 0.25) is 0 Å². The molecule has 0 radical (unpaired) electrons. The average molecular weight is 453 g/mol. The van der Waals surface area contributed by atoms with Crippen molar-refractivity contribution >= 4 is 29.9 Å². The van der Waals surface area contributed by atoms with Crippen LogP contribution in [0.1, 0.15) is 31.9 Å². The first-order valence-electron chi connectivity index (χ1n) is 8.21. The minimum Gasteiger partial charge on any atom is -0.489 e. The molecular weight excluding hydrogens is 425 g/mol. The van der Waals surface area contributed by atoms with Crippen molar-refractivity contribution in [2.75, 3.05) is 7.05 Å². The zero-order valence-corrected chi connectivity index (χ0v) is 17.7. The molecule has 25 heavy (non-hydrogen) atoms. The van der Waals surface area contributed by atoms with Crippen LogP contribution in [-0.2, 0) is 13.2 Å². The number of guanidine groups is 1. The molecule has 0 aliphatic heterocycles. The quantitative estimate of drug-likeness (QED) is 0.402. The van der Waals surface area contributed by atoms with E-state index in [-0.39, 0.29) is 29.5 Å². The second kappa shape index (κ2) is 10.3. The zero-order chi connectivity index (χ0) is 17.4. The first kappa shape index (κ1) is 21.3. The van der Waals surface area contributed by atoms with Gasteiger partial charge in [0.25, 0.3) is 0 Å². The Morgan fingerprint density at radius 2 is 1.56 bits per heavy atom. The number of halogens is 1. The topological polar surface area (TPSA) is 45.7 Å². The lowest BCUT2D eigenvalue weighted by Gasteiger charge is -2.24. The van der Waals surface area contributed by atoms with E-state index in [2.05, 4.69) is 48.5 Å². The Kier molecular flexibility index (Phi) is 8.75. The molecule has 2 aromatic carbocycles. The molecule has 0 unspecified atom stereocenters. The van der Waals surface area contributed by atoms with Crippen LogP contribution < -0.4 is 15.4 Å². The Bertz CT molecular complexity index is 666. The predicted octanol–water partition coefficient (Wildman–Crippen LogP) is 4.35. The van der Waals surface area contributed by atoms with Crippen LogP contribution >= 0.6 is 24.0 Å². The third-order valence-corrected chi connectivity index (χ3v) is 3.42. The highest BCUT2D eigenvalue weighted by molar-refractivity contribution is 14.0. The van der Waals surface area contributed by atoms with E-state index in [1.54, 1.807) is 7.05 Å². The number of benzene rings is 2. The summed E-state index contributed by atoms with van der Waals surface area (Å²) in [5, 5.41) is 6.73. The standard InChI is InChI=1S/C20H27N3O.HI/c1-20(2,3)23-19(21-4)22-14-16-10-8-9-11-17(16)15-24-18-12-6-5-7-13-18;/h5-13H,14-15H2,1-4H3,(H2,21,22,23);1H. The number of nitrogens with one attached hydrogen (secondary N) is 2. The van der Waals surface area contributed by atoms with Gasteiger partial charge in [0.05, 0.1) is 0 Å². The van der Waals surface area contributed by atoms with Gasteiger partial charge in [0.15, 0.2) is 5.96 Å². The number of aliphatic imine (C=N–C) groups is 1. The summed E-state index contributed by atoms with van der Waals surface area (Å²) in [5.41, 5.74) is 2.34. The van der Waals surface area contributed by atoms with Crippen LogP contribution in [-0.4, -0.2) is 18.5 Å². The van der Waals surface area contributed by atoms with Crippen LogP contribution in [0.3, 0.4) is 0 Å². The van der Waals surface area contributed by atoms with Crippen LogP contribution in [0.25, 0.3) is 0 Å². The molecular formula is C20H28IN3O. The van der Waals surface area contributed by atoms with Gasteiger partial charge >= 0.3 is 0 Å². The molecule has 0 amide bonds. The molecule has 0 aliphatic rings. The molecule has 0 saturated heterocycles. The van der Waals surface area contributed by atoms with Crippen molar-refractivity contribution in [3.63, 3.8) is 0 Å². The first-order chi connectivity index (χ1) is 11.5. The molecule has 0 atom stereocenters. The minimum atomic E-state index is -0.0300. The number of rotatable bonds is 5. The molecule has 0 fully saturated rings. The molecule has 136 valence electrons. The molecule has 2 N–H and O–H groups in total. The normalized spacial score (nSPS) is 11.4. The van der Waals surface area contributed by atoms with Crippen molar-refractivity contribution in [3.8, 4) is 5.75 Å². The van der Waals surface area contributed by atoms with Gasteiger partial charge in [-0.25, -0.2) is 0 Å². The molecule has 5 heteroatoms. The highest BCUT2D eigenvalue weighted by Crippen LogP contribution is 2.14. The van der Waals surface area contributed by atoms with E-state index >= 15 is 0 Å². The Morgan fingerprint density at radius 1 is 0.960 bits per heavy atom. The third kappa shape index (κ3) is 7.77. The van der Waals surface area contributed by atoms with E-state index in [4.69, 9.17) is 4.74 Å². The summed E-state index contributed by atoms with van der Waals surface area (Å²) in [6.07, 6.45) is 0. The predicted molar refractivity (Wildman–Crippen MR) is 116 cm³/mol. The highest BCUT2D eigenvalue weighted by atomic mass is 127. The van der Waals surface area contributed by atoms with Crippen molar-refractivity contribution in [1.82, 2.24) is 10.6 Å². The van der Waals surface area contributed by atoms with E-state index < -0.39 is 0 Å². The number of hydrogen-bond donors (Lipinski definition) is 2. The van der Waals surface area contributed by atoms with Gasteiger partial charge in [-0.05, 0) is 44.0 Å². The van der Waals surface area contributed by atoms with Crippen molar-refractivity contribution in [2.45, 2.75) is 39.5 Å². The fourth-order valence-corrected chi connectivity index (χ4v) is 2.26. The Hall–Kier alpha value is -1.76.